The summed E-state index contributed by atoms with van der Waals surface area (Å²) in [5.41, 5.74) is 1.66. The molecule has 3 saturated carbocycles. The Morgan fingerprint density at radius 3 is 2.47 bits per heavy atom. The van der Waals surface area contributed by atoms with Crippen LogP contribution < -0.4 is 0 Å². The van der Waals surface area contributed by atoms with Gasteiger partial charge in [0.1, 0.15) is 0 Å². The molecular weight excluding hydrogens is 386 g/mol. The number of hydrogen-bond acceptors (Lipinski definition) is 2. The molecule has 5 heteroatoms. The molecule has 0 aromatic carbocycles. The van der Waals surface area contributed by atoms with Crippen molar-refractivity contribution in [1.82, 2.24) is 0 Å². The van der Waals surface area contributed by atoms with Gasteiger partial charge in [0.25, 0.3) is 0 Å². The second-order valence-corrected chi connectivity index (χ2v) is 11.7. The van der Waals surface area contributed by atoms with Crippen molar-refractivity contribution in [3.05, 3.63) is 11.6 Å². The largest absolute Gasteiger partial charge is 0.477 e. The third-order valence-electron chi connectivity index (χ3n) is 10.6. The number of carboxylic acid groups (broad SMARTS) is 1. The molecule has 4 rings (SSSR count). The zero-order chi connectivity index (χ0) is 22.1. The zero-order valence-electron chi connectivity index (χ0n) is 18.9. The van der Waals surface area contributed by atoms with Crippen LogP contribution in [0.15, 0.2) is 11.6 Å². The fourth-order valence-electron chi connectivity index (χ4n) is 8.62. The lowest BCUT2D eigenvalue weighted by molar-refractivity contribution is -0.169. The number of aliphatic carboxylic acids is 1. The summed E-state index contributed by atoms with van der Waals surface area (Å²) >= 11 is 0. The Bertz CT molecular complexity index is 749. The molecule has 8 atom stereocenters. The summed E-state index contributed by atoms with van der Waals surface area (Å²) in [5.74, 6) is -4.68. The lowest BCUT2D eigenvalue weighted by Crippen LogP contribution is -2.55. The van der Waals surface area contributed by atoms with Crippen LogP contribution in [-0.2, 0) is 4.79 Å². The van der Waals surface area contributed by atoms with Gasteiger partial charge in [0.05, 0.1) is 6.10 Å². The normalized spacial score (nSPS) is 47.0. The Labute approximate surface area is 179 Å². The Morgan fingerprint density at radius 2 is 1.80 bits per heavy atom. The van der Waals surface area contributed by atoms with Gasteiger partial charge in [-0.1, -0.05) is 39.3 Å². The molecular formula is C25H38F2O3. The second-order valence-electron chi connectivity index (χ2n) is 11.7. The average Bonchev–Trinajstić information content (AvgIpc) is 2.93. The Morgan fingerprint density at radius 1 is 1.13 bits per heavy atom. The number of alkyl halides is 2. The van der Waals surface area contributed by atoms with Crippen molar-refractivity contribution in [2.24, 2.45) is 39.9 Å². The van der Waals surface area contributed by atoms with E-state index in [2.05, 4.69) is 26.8 Å². The molecule has 0 bridgehead atoms. The minimum atomic E-state index is -3.65. The molecule has 0 heterocycles. The van der Waals surface area contributed by atoms with Gasteiger partial charge in [-0.15, -0.1) is 0 Å². The zero-order valence-corrected chi connectivity index (χ0v) is 18.9. The molecule has 170 valence electrons. The van der Waals surface area contributed by atoms with Crippen molar-refractivity contribution in [1.29, 1.82) is 0 Å². The molecule has 3 fully saturated rings. The van der Waals surface area contributed by atoms with Gasteiger partial charge in [0.15, 0.2) is 0 Å². The van der Waals surface area contributed by atoms with Crippen molar-refractivity contribution < 1.29 is 23.8 Å². The predicted molar refractivity (Wildman–Crippen MR) is 112 cm³/mol. The van der Waals surface area contributed by atoms with Gasteiger partial charge in [0, 0.05) is 6.42 Å². The molecule has 0 amide bonds. The van der Waals surface area contributed by atoms with Crippen molar-refractivity contribution in [2.75, 3.05) is 0 Å². The summed E-state index contributed by atoms with van der Waals surface area (Å²) in [4.78, 5) is 11.0. The van der Waals surface area contributed by atoms with Crippen LogP contribution >= 0.6 is 0 Å². The van der Waals surface area contributed by atoms with Crippen LogP contribution in [0.3, 0.4) is 0 Å². The summed E-state index contributed by atoms with van der Waals surface area (Å²) in [6, 6.07) is 0. The molecule has 30 heavy (non-hydrogen) atoms. The number of carboxylic acids is 1. The molecule has 4 aliphatic carbocycles. The van der Waals surface area contributed by atoms with E-state index in [1.54, 1.807) is 0 Å². The summed E-state index contributed by atoms with van der Waals surface area (Å²) in [6.45, 7) is 8.94. The molecule has 0 spiro atoms. The van der Waals surface area contributed by atoms with Crippen LogP contribution in [0.1, 0.15) is 85.5 Å². The number of aliphatic hydroxyl groups is 1. The van der Waals surface area contributed by atoms with Gasteiger partial charge in [0.2, 0.25) is 0 Å². The summed E-state index contributed by atoms with van der Waals surface area (Å²) in [6.07, 6.45) is 9.47. The quantitative estimate of drug-likeness (QED) is 0.539. The van der Waals surface area contributed by atoms with Gasteiger partial charge in [-0.25, -0.2) is 4.79 Å². The average molecular weight is 425 g/mol. The highest BCUT2D eigenvalue weighted by Gasteiger charge is 2.65. The van der Waals surface area contributed by atoms with Crippen LogP contribution in [0.4, 0.5) is 8.78 Å². The van der Waals surface area contributed by atoms with Crippen molar-refractivity contribution >= 4 is 5.97 Å². The van der Waals surface area contributed by atoms with Crippen molar-refractivity contribution in [3.63, 3.8) is 0 Å². The summed E-state index contributed by atoms with van der Waals surface area (Å²) < 4.78 is 28.0. The second kappa shape index (κ2) is 7.02. The van der Waals surface area contributed by atoms with E-state index < -0.39 is 18.3 Å². The predicted octanol–water partition coefficient (Wildman–Crippen LogP) is 6.06. The van der Waals surface area contributed by atoms with Gasteiger partial charge < -0.3 is 10.2 Å². The van der Waals surface area contributed by atoms with Crippen LogP contribution in [0.25, 0.3) is 0 Å². The van der Waals surface area contributed by atoms with Crippen molar-refractivity contribution in [3.8, 4) is 0 Å². The molecule has 4 aliphatic rings. The fourth-order valence-corrected chi connectivity index (χ4v) is 8.62. The highest BCUT2D eigenvalue weighted by Crippen LogP contribution is 2.72. The maximum atomic E-state index is 14.0. The van der Waals surface area contributed by atoms with E-state index in [4.69, 9.17) is 5.11 Å². The number of carbonyl (C=O) groups is 1. The van der Waals surface area contributed by atoms with Gasteiger partial charge >= 0.3 is 11.9 Å². The van der Waals surface area contributed by atoms with Crippen LogP contribution in [0.2, 0.25) is 0 Å². The maximum absolute atomic E-state index is 14.0. The molecule has 0 aromatic heterocycles. The number of rotatable bonds is 4. The number of halogens is 2. The first-order chi connectivity index (χ1) is 13.8. The van der Waals surface area contributed by atoms with E-state index in [1.807, 2.05) is 6.92 Å². The topological polar surface area (TPSA) is 57.5 Å². The maximum Gasteiger partial charge on any atom is 0.374 e. The fraction of sp³-hybridized carbons (Fsp3) is 0.880. The van der Waals surface area contributed by atoms with Gasteiger partial charge in [-0.2, -0.15) is 8.78 Å². The molecule has 0 unspecified atom stereocenters. The lowest BCUT2D eigenvalue weighted by atomic mass is 9.42. The van der Waals surface area contributed by atoms with E-state index in [0.29, 0.717) is 11.8 Å². The highest BCUT2D eigenvalue weighted by molar-refractivity contribution is 5.75. The number of hydrogen-bond donors (Lipinski definition) is 2. The van der Waals surface area contributed by atoms with Crippen molar-refractivity contribution in [2.45, 2.75) is 97.5 Å². The molecule has 2 N–H and O–H groups in total. The SMILES string of the molecule is C[C@H](CC(F)(F)C(=O)O)[C@H]1CC[C@@]2(C)[C@@H]3CC=C4C[C@@H](O)CC[C@]4(C)[C@H]3CC[C@]12C. The molecule has 3 nitrogen and oxygen atoms in total. The van der Waals surface area contributed by atoms with Gasteiger partial charge in [-0.3, -0.25) is 0 Å². The van der Waals surface area contributed by atoms with E-state index >= 15 is 0 Å². The minimum Gasteiger partial charge on any atom is -0.477 e. The van der Waals surface area contributed by atoms with Crippen LogP contribution in [0.5, 0.6) is 0 Å². The van der Waals surface area contributed by atoms with E-state index in [1.165, 1.54) is 5.57 Å². The molecule has 0 radical (unpaired) electrons. The molecule has 0 aliphatic heterocycles. The standard InChI is InChI=1S/C25H38F2O3/c1-15(14-25(26,27)21(29)30)18-8-11-24(4)20-6-5-16-13-17(28)7-10-22(16,2)19(20)9-12-23(18,24)3/h5,15,17-20,28H,6-14H2,1-4H3,(H,29,30)/t15-,17+,18-,19+,20-,22+,23-,24+/m1/s1. The Hall–Kier alpha value is -0.970. The monoisotopic (exact) mass is 424 g/mol. The first-order valence-electron chi connectivity index (χ1n) is 11.8. The third kappa shape index (κ3) is 3.01. The van der Waals surface area contributed by atoms with E-state index in [0.717, 1.165) is 51.4 Å². The van der Waals surface area contributed by atoms with E-state index in [-0.39, 0.29) is 34.2 Å². The Kier molecular flexibility index (Phi) is 5.20. The van der Waals surface area contributed by atoms with Crippen LogP contribution in [0, 0.1) is 39.9 Å². The third-order valence-corrected chi connectivity index (χ3v) is 10.6. The summed E-state index contributed by atoms with van der Waals surface area (Å²) in [5, 5.41) is 19.1. The lowest BCUT2D eigenvalue weighted by Gasteiger charge is -2.63. The van der Waals surface area contributed by atoms with Crippen LogP contribution in [-0.4, -0.2) is 28.2 Å². The minimum absolute atomic E-state index is 0.0297. The van der Waals surface area contributed by atoms with E-state index in [9.17, 15) is 18.7 Å². The number of allylic oxidation sites excluding steroid dienone is 1. The highest BCUT2D eigenvalue weighted by atomic mass is 19.3. The summed E-state index contributed by atoms with van der Waals surface area (Å²) in [7, 11) is 0. The smallest absolute Gasteiger partial charge is 0.374 e. The Balaban J connectivity index is 1.61. The molecule has 0 saturated heterocycles. The van der Waals surface area contributed by atoms with Gasteiger partial charge in [-0.05, 0) is 91.3 Å². The molecule has 0 aromatic rings. The first kappa shape index (κ1) is 22.2. The number of aliphatic hydroxyl groups excluding tert-OH is 1. The number of fused-ring (bicyclic) bond motifs is 5. The first-order valence-corrected chi connectivity index (χ1v) is 11.8.